The summed E-state index contributed by atoms with van der Waals surface area (Å²) in [5, 5.41) is 4.74. The number of hydrazine groups is 1. The predicted molar refractivity (Wildman–Crippen MR) is 113 cm³/mol. The molecule has 134 valence electrons. The Labute approximate surface area is 166 Å². The van der Waals surface area contributed by atoms with E-state index in [-0.39, 0.29) is 5.91 Å². The number of benzene rings is 2. The Bertz CT molecular complexity index is 941. The first-order valence-corrected chi connectivity index (χ1v) is 9.77. The molecule has 1 aromatic heterocycles. The van der Waals surface area contributed by atoms with Gasteiger partial charge in [0.1, 0.15) is 4.88 Å². The molecule has 7 heteroatoms. The van der Waals surface area contributed by atoms with Gasteiger partial charge in [0.05, 0.1) is 5.02 Å². The second-order valence-corrected chi connectivity index (χ2v) is 7.52. The van der Waals surface area contributed by atoms with Crippen LogP contribution in [0.2, 0.25) is 5.02 Å². The summed E-state index contributed by atoms with van der Waals surface area (Å²) < 4.78 is 1.00. The minimum Gasteiger partial charge on any atom is -0.357 e. The van der Waals surface area contributed by atoms with Crippen molar-refractivity contribution in [2.45, 2.75) is 19.9 Å². The van der Waals surface area contributed by atoms with Crippen LogP contribution in [0, 0.1) is 0 Å². The lowest BCUT2D eigenvalue weighted by atomic mass is 10.1. The Hall–Kier alpha value is -2.15. The minimum absolute atomic E-state index is 0.307. The van der Waals surface area contributed by atoms with Crippen molar-refractivity contribution in [2.24, 2.45) is 0 Å². The summed E-state index contributed by atoms with van der Waals surface area (Å²) in [5.74, 6) is -0.307. The number of aryl methyl sites for hydroxylation is 1. The van der Waals surface area contributed by atoms with Crippen LogP contribution in [0.15, 0.2) is 48.5 Å². The number of thiophene rings is 1. The molecule has 0 spiro atoms. The number of rotatable bonds is 4. The van der Waals surface area contributed by atoms with Crippen molar-refractivity contribution >= 4 is 56.3 Å². The normalized spacial score (nSPS) is 10.5. The molecule has 3 aromatic rings. The molecule has 3 N–H and O–H groups in total. The molecule has 0 saturated heterocycles. The second kappa shape index (κ2) is 8.49. The molecule has 26 heavy (non-hydrogen) atoms. The van der Waals surface area contributed by atoms with Crippen molar-refractivity contribution in [3.8, 4) is 0 Å². The van der Waals surface area contributed by atoms with Gasteiger partial charge in [0, 0.05) is 16.6 Å². The van der Waals surface area contributed by atoms with Crippen LogP contribution in [0.25, 0.3) is 10.1 Å². The number of hydrogen-bond donors (Lipinski definition) is 3. The van der Waals surface area contributed by atoms with Crippen LogP contribution in [0.3, 0.4) is 0 Å². The Kier molecular flexibility index (Phi) is 6.08. The van der Waals surface area contributed by atoms with Crippen molar-refractivity contribution in [1.29, 1.82) is 0 Å². The summed E-state index contributed by atoms with van der Waals surface area (Å²) >= 11 is 12.9. The summed E-state index contributed by atoms with van der Waals surface area (Å²) in [7, 11) is 0. The van der Waals surface area contributed by atoms with Crippen molar-refractivity contribution in [1.82, 2.24) is 16.2 Å². The van der Waals surface area contributed by atoms with Crippen LogP contribution >= 0.6 is 35.2 Å². The van der Waals surface area contributed by atoms with Crippen molar-refractivity contribution in [3.63, 3.8) is 0 Å². The number of amides is 1. The highest BCUT2D eigenvalue weighted by Gasteiger charge is 2.17. The third kappa shape index (κ3) is 4.33. The van der Waals surface area contributed by atoms with E-state index in [1.807, 2.05) is 42.5 Å². The summed E-state index contributed by atoms with van der Waals surface area (Å²) in [4.78, 5) is 12.9. The number of fused-ring (bicyclic) bond motifs is 1. The number of carbonyl (C=O) groups excluding carboxylic acids is 1. The van der Waals surface area contributed by atoms with E-state index in [9.17, 15) is 4.79 Å². The van der Waals surface area contributed by atoms with E-state index in [1.54, 1.807) is 0 Å². The third-order valence-electron chi connectivity index (χ3n) is 3.89. The fourth-order valence-electron chi connectivity index (χ4n) is 2.47. The molecule has 0 radical (unpaired) electrons. The first kappa shape index (κ1) is 18.6. The quantitative estimate of drug-likeness (QED) is 0.445. The van der Waals surface area contributed by atoms with E-state index in [1.165, 1.54) is 16.9 Å². The maximum Gasteiger partial charge on any atom is 0.281 e. The van der Waals surface area contributed by atoms with Crippen molar-refractivity contribution in [3.05, 3.63) is 69.6 Å². The number of hydrogen-bond acceptors (Lipinski definition) is 3. The molecule has 2 aromatic carbocycles. The number of carbonyl (C=O) groups is 1. The maximum atomic E-state index is 12.4. The van der Waals surface area contributed by atoms with Gasteiger partial charge in [-0.1, -0.05) is 61.0 Å². The molecule has 0 saturated carbocycles. The Morgan fingerprint density at radius 2 is 1.88 bits per heavy atom. The second-order valence-electron chi connectivity index (χ2n) is 5.68. The van der Waals surface area contributed by atoms with Crippen LogP contribution in [-0.4, -0.2) is 11.0 Å². The molecule has 0 fully saturated rings. The van der Waals surface area contributed by atoms with Gasteiger partial charge in [0.2, 0.25) is 0 Å². The highest BCUT2D eigenvalue weighted by molar-refractivity contribution is 7.80. The smallest absolute Gasteiger partial charge is 0.281 e. The standard InChI is InChI=1S/C19H18ClN3OS2/c1-2-12-8-9-14-15(10-12)26-17(16(14)20)18(24)22-23-19(25)21-11-13-6-4-3-5-7-13/h3-10H,2,11H2,1H3,(H,22,24)(H2,21,23,25). The number of thiocarbonyl (C=S) groups is 1. The van der Waals surface area contributed by atoms with Gasteiger partial charge in [-0.2, -0.15) is 0 Å². The lowest BCUT2D eigenvalue weighted by Crippen LogP contribution is -2.46. The molecular weight excluding hydrogens is 386 g/mol. The molecule has 0 bridgehead atoms. The molecule has 0 atom stereocenters. The largest absolute Gasteiger partial charge is 0.357 e. The van der Waals surface area contributed by atoms with E-state index in [2.05, 4.69) is 29.2 Å². The zero-order chi connectivity index (χ0) is 18.5. The van der Waals surface area contributed by atoms with Crippen molar-refractivity contribution in [2.75, 3.05) is 0 Å². The molecule has 0 aliphatic rings. The minimum atomic E-state index is -0.307. The SMILES string of the molecule is CCc1ccc2c(Cl)c(C(=O)NNC(=S)NCc3ccccc3)sc2c1. The highest BCUT2D eigenvalue weighted by atomic mass is 35.5. The summed E-state index contributed by atoms with van der Waals surface area (Å²) in [6, 6.07) is 15.9. The molecule has 0 unspecified atom stereocenters. The zero-order valence-electron chi connectivity index (χ0n) is 14.1. The van der Waals surface area contributed by atoms with E-state index in [0.717, 1.165) is 22.1 Å². The summed E-state index contributed by atoms with van der Waals surface area (Å²) in [5.41, 5.74) is 7.63. The van der Waals surface area contributed by atoms with Gasteiger partial charge < -0.3 is 5.32 Å². The van der Waals surface area contributed by atoms with Gasteiger partial charge in [-0.3, -0.25) is 15.6 Å². The zero-order valence-corrected chi connectivity index (χ0v) is 16.5. The van der Waals surface area contributed by atoms with E-state index < -0.39 is 0 Å². The fourth-order valence-corrected chi connectivity index (χ4v) is 4.07. The van der Waals surface area contributed by atoms with Gasteiger partial charge >= 0.3 is 0 Å². The average Bonchev–Trinajstić information content (AvgIpc) is 3.01. The molecular formula is C19H18ClN3OS2. The molecule has 1 amide bonds. The molecule has 0 aliphatic carbocycles. The summed E-state index contributed by atoms with van der Waals surface area (Å²) in [6.07, 6.45) is 0.940. The Morgan fingerprint density at radius 3 is 2.62 bits per heavy atom. The number of nitrogens with one attached hydrogen (secondary N) is 3. The Balaban J connectivity index is 1.60. The van der Waals surface area contributed by atoms with Gasteiger partial charge in [0.15, 0.2) is 5.11 Å². The van der Waals surface area contributed by atoms with E-state index in [4.69, 9.17) is 23.8 Å². The third-order valence-corrected chi connectivity index (χ3v) is 5.80. The Morgan fingerprint density at radius 1 is 1.12 bits per heavy atom. The number of halogens is 1. The van der Waals surface area contributed by atoms with E-state index >= 15 is 0 Å². The lowest BCUT2D eigenvalue weighted by molar-refractivity contribution is 0.0948. The van der Waals surface area contributed by atoms with Gasteiger partial charge in [-0.05, 0) is 35.8 Å². The maximum absolute atomic E-state index is 12.4. The molecule has 1 heterocycles. The van der Waals surface area contributed by atoms with E-state index in [0.29, 0.717) is 21.6 Å². The molecule has 4 nitrogen and oxygen atoms in total. The first-order valence-electron chi connectivity index (χ1n) is 8.17. The van der Waals surface area contributed by atoms with Gasteiger partial charge in [-0.15, -0.1) is 11.3 Å². The van der Waals surface area contributed by atoms with Crippen LogP contribution in [0.1, 0.15) is 27.7 Å². The topological polar surface area (TPSA) is 53.2 Å². The van der Waals surface area contributed by atoms with Gasteiger partial charge in [-0.25, -0.2) is 0 Å². The van der Waals surface area contributed by atoms with Gasteiger partial charge in [0.25, 0.3) is 5.91 Å². The fraction of sp³-hybridized carbons (Fsp3) is 0.158. The van der Waals surface area contributed by atoms with Crippen LogP contribution < -0.4 is 16.2 Å². The predicted octanol–water partition coefficient (Wildman–Crippen LogP) is 4.43. The van der Waals surface area contributed by atoms with Crippen LogP contribution in [0.5, 0.6) is 0 Å². The molecule has 3 rings (SSSR count). The molecule has 0 aliphatic heterocycles. The van der Waals surface area contributed by atoms with Crippen LogP contribution in [0.4, 0.5) is 0 Å². The highest BCUT2D eigenvalue weighted by Crippen LogP contribution is 2.35. The summed E-state index contributed by atoms with van der Waals surface area (Å²) in [6.45, 7) is 2.67. The first-order chi connectivity index (χ1) is 12.6. The monoisotopic (exact) mass is 403 g/mol. The van der Waals surface area contributed by atoms with Crippen molar-refractivity contribution < 1.29 is 4.79 Å². The average molecular weight is 404 g/mol. The van der Waals surface area contributed by atoms with Crippen LogP contribution in [-0.2, 0) is 13.0 Å². The lowest BCUT2D eigenvalue weighted by Gasteiger charge is -2.11.